The fraction of sp³-hybridized carbons (Fsp3) is 0.571. The minimum absolute atomic E-state index is 0.235. The third kappa shape index (κ3) is 5.84. The summed E-state index contributed by atoms with van der Waals surface area (Å²) in [5.41, 5.74) is 1.62. The summed E-state index contributed by atoms with van der Waals surface area (Å²) in [5.74, 6) is 1.80. The molecule has 0 heterocycles. The van der Waals surface area contributed by atoms with Crippen LogP contribution >= 0.6 is 24.4 Å². The van der Waals surface area contributed by atoms with E-state index in [1.54, 1.807) is 0 Å². The van der Waals surface area contributed by atoms with Crippen molar-refractivity contribution in [2.45, 2.75) is 31.1 Å². The Labute approximate surface area is 115 Å². The van der Waals surface area contributed by atoms with Gasteiger partial charge in [0.1, 0.15) is 0 Å². The lowest BCUT2D eigenvalue weighted by Gasteiger charge is -2.19. The lowest BCUT2D eigenvalue weighted by molar-refractivity contribution is 0.167. The van der Waals surface area contributed by atoms with E-state index in [1.807, 2.05) is 11.8 Å². The number of thiol groups is 1. The molecule has 0 aromatic heterocycles. The Hall–Kier alpha value is -0.120. The van der Waals surface area contributed by atoms with Crippen LogP contribution in [0.3, 0.4) is 0 Å². The van der Waals surface area contributed by atoms with Gasteiger partial charge in [0.15, 0.2) is 0 Å². The Morgan fingerprint density at radius 3 is 2.29 bits per heavy atom. The topological polar surface area (TPSA) is 9.23 Å². The summed E-state index contributed by atoms with van der Waals surface area (Å²) in [4.78, 5) is 1.31. The Balaban J connectivity index is 2.36. The summed E-state index contributed by atoms with van der Waals surface area (Å²) in [6.07, 6.45) is 0. The second-order valence-corrected chi connectivity index (χ2v) is 6.57. The predicted molar refractivity (Wildman–Crippen MR) is 80.5 cm³/mol. The molecule has 0 atom stereocenters. The van der Waals surface area contributed by atoms with Crippen molar-refractivity contribution in [2.75, 3.05) is 24.7 Å². The zero-order valence-corrected chi connectivity index (χ0v) is 12.6. The summed E-state index contributed by atoms with van der Waals surface area (Å²) in [6.45, 7) is 8.25. The number of benzene rings is 1. The number of hydrogen-bond donors (Lipinski definition) is 1. The van der Waals surface area contributed by atoms with Crippen LogP contribution in [-0.2, 0) is 10.2 Å². The molecule has 0 saturated carbocycles. The van der Waals surface area contributed by atoms with Crippen molar-refractivity contribution < 1.29 is 4.74 Å². The fourth-order valence-electron chi connectivity index (χ4n) is 1.44. The van der Waals surface area contributed by atoms with Gasteiger partial charge in [0.05, 0.1) is 13.2 Å². The molecule has 1 rings (SSSR count). The summed E-state index contributed by atoms with van der Waals surface area (Å²) >= 11 is 5.94. The average Bonchev–Trinajstić information content (AvgIpc) is 2.28. The standard InChI is InChI=1S/C14H22OS2/c1-14(2,3)12-4-6-13(7-5-12)17-11-9-15-8-10-16/h4-7,16H,8-11H2,1-3H3. The highest BCUT2D eigenvalue weighted by Gasteiger charge is 2.12. The maximum atomic E-state index is 5.39. The van der Waals surface area contributed by atoms with E-state index in [4.69, 9.17) is 4.74 Å². The Kier molecular flexibility index (Phi) is 6.45. The van der Waals surface area contributed by atoms with E-state index in [2.05, 4.69) is 57.7 Å². The van der Waals surface area contributed by atoms with E-state index in [9.17, 15) is 0 Å². The lowest BCUT2D eigenvalue weighted by atomic mass is 9.87. The molecule has 0 amide bonds. The van der Waals surface area contributed by atoms with E-state index in [0.717, 1.165) is 24.7 Å². The number of hydrogen-bond acceptors (Lipinski definition) is 3. The van der Waals surface area contributed by atoms with Gasteiger partial charge in [0.2, 0.25) is 0 Å². The van der Waals surface area contributed by atoms with Crippen LogP contribution in [0.15, 0.2) is 29.2 Å². The number of ether oxygens (including phenoxy) is 1. The third-order valence-electron chi connectivity index (χ3n) is 2.45. The van der Waals surface area contributed by atoms with Gasteiger partial charge < -0.3 is 4.74 Å². The smallest absolute Gasteiger partial charge is 0.0560 e. The van der Waals surface area contributed by atoms with E-state index in [0.29, 0.717) is 0 Å². The SMILES string of the molecule is CC(C)(C)c1ccc(SCCOCCS)cc1. The quantitative estimate of drug-likeness (QED) is 0.475. The number of rotatable bonds is 6. The highest BCUT2D eigenvalue weighted by atomic mass is 32.2. The van der Waals surface area contributed by atoms with E-state index < -0.39 is 0 Å². The third-order valence-corrected chi connectivity index (χ3v) is 3.61. The van der Waals surface area contributed by atoms with Crippen LogP contribution in [0.4, 0.5) is 0 Å². The van der Waals surface area contributed by atoms with E-state index in [-0.39, 0.29) is 5.41 Å². The van der Waals surface area contributed by atoms with Crippen molar-refractivity contribution in [3.63, 3.8) is 0 Å². The molecule has 0 spiro atoms. The van der Waals surface area contributed by atoms with Crippen LogP contribution in [0.1, 0.15) is 26.3 Å². The van der Waals surface area contributed by atoms with Gasteiger partial charge in [-0.25, -0.2) is 0 Å². The molecule has 1 aromatic rings. The Morgan fingerprint density at radius 2 is 1.76 bits per heavy atom. The minimum atomic E-state index is 0.235. The van der Waals surface area contributed by atoms with Crippen LogP contribution in [0.25, 0.3) is 0 Å². The summed E-state index contributed by atoms with van der Waals surface area (Å²) in [5, 5.41) is 0. The normalized spacial score (nSPS) is 11.8. The Bertz CT molecular complexity index is 314. The Morgan fingerprint density at radius 1 is 1.12 bits per heavy atom. The highest BCUT2D eigenvalue weighted by Crippen LogP contribution is 2.25. The average molecular weight is 270 g/mol. The molecule has 17 heavy (non-hydrogen) atoms. The van der Waals surface area contributed by atoms with Gasteiger partial charge in [-0.2, -0.15) is 12.6 Å². The van der Waals surface area contributed by atoms with Gasteiger partial charge in [-0.3, -0.25) is 0 Å². The van der Waals surface area contributed by atoms with Gasteiger partial charge in [0.25, 0.3) is 0 Å². The number of thioether (sulfide) groups is 1. The maximum absolute atomic E-state index is 5.39. The van der Waals surface area contributed by atoms with Crippen LogP contribution in [-0.4, -0.2) is 24.7 Å². The molecule has 1 aromatic carbocycles. The molecule has 0 aliphatic heterocycles. The molecule has 1 nitrogen and oxygen atoms in total. The molecule has 0 unspecified atom stereocenters. The van der Waals surface area contributed by atoms with Crippen molar-refractivity contribution in [3.8, 4) is 0 Å². The van der Waals surface area contributed by atoms with Crippen molar-refractivity contribution in [1.82, 2.24) is 0 Å². The molecule has 0 saturated heterocycles. The molecule has 96 valence electrons. The summed E-state index contributed by atoms with van der Waals surface area (Å²) in [7, 11) is 0. The molecular formula is C14H22OS2. The van der Waals surface area contributed by atoms with Gasteiger partial charge in [0, 0.05) is 16.4 Å². The molecule has 3 heteroatoms. The zero-order chi connectivity index (χ0) is 12.7. The molecular weight excluding hydrogens is 248 g/mol. The molecule has 0 bridgehead atoms. The van der Waals surface area contributed by atoms with Crippen molar-refractivity contribution >= 4 is 24.4 Å². The monoisotopic (exact) mass is 270 g/mol. The first-order valence-electron chi connectivity index (χ1n) is 5.96. The van der Waals surface area contributed by atoms with Crippen molar-refractivity contribution in [1.29, 1.82) is 0 Å². The first-order valence-corrected chi connectivity index (χ1v) is 7.58. The van der Waals surface area contributed by atoms with Gasteiger partial charge in [-0.15, -0.1) is 11.8 Å². The highest BCUT2D eigenvalue weighted by molar-refractivity contribution is 7.99. The predicted octanol–water partition coefficient (Wildman–Crippen LogP) is 4.02. The van der Waals surface area contributed by atoms with Gasteiger partial charge in [-0.1, -0.05) is 32.9 Å². The lowest BCUT2D eigenvalue weighted by Crippen LogP contribution is -2.10. The van der Waals surface area contributed by atoms with Gasteiger partial charge in [-0.05, 0) is 23.1 Å². The molecule has 0 radical (unpaired) electrons. The molecule has 0 aliphatic rings. The maximum Gasteiger partial charge on any atom is 0.0560 e. The summed E-state index contributed by atoms with van der Waals surface area (Å²) < 4.78 is 5.39. The zero-order valence-electron chi connectivity index (χ0n) is 10.9. The minimum Gasteiger partial charge on any atom is -0.380 e. The molecule has 0 aliphatic carbocycles. The largest absolute Gasteiger partial charge is 0.380 e. The van der Waals surface area contributed by atoms with Crippen LogP contribution in [0, 0.1) is 0 Å². The first kappa shape index (κ1) is 14.9. The second kappa shape index (κ2) is 7.34. The van der Waals surface area contributed by atoms with Crippen LogP contribution in [0.5, 0.6) is 0 Å². The van der Waals surface area contributed by atoms with Gasteiger partial charge >= 0.3 is 0 Å². The van der Waals surface area contributed by atoms with Crippen molar-refractivity contribution in [3.05, 3.63) is 29.8 Å². The van der Waals surface area contributed by atoms with Crippen molar-refractivity contribution in [2.24, 2.45) is 0 Å². The van der Waals surface area contributed by atoms with E-state index in [1.165, 1.54) is 10.5 Å². The molecule has 0 N–H and O–H groups in total. The molecule has 0 fully saturated rings. The second-order valence-electron chi connectivity index (χ2n) is 4.96. The van der Waals surface area contributed by atoms with E-state index >= 15 is 0 Å². The van der Waals surface area contributed by atoms with Crippen LogP contribution < -0.4 is 0 Å². The first-order chi connectivity index (χ1) is 8.04. The fourth-order valence-corrected chi connectivity index (χ4v) is 2.33. The van der Waals surface area contributed by atoms with Crippen LogP contribution in [0.2, 0.25) is 0 Å². The summed E-state index contributed by atoms with van der Waals surface area (Å²) in [6, 6.07) is 8.83.